The molecule has 0 aliphatic heterocycles. The number of nitrogens with one attached hydrogen (secondary N) is 1. The zero-order valence-corrected chi connectivity index (χ0v) is 21.1. The molecular weight excluding hydrogens is 513 g/mol. The second-order valence-corrected chi connectivity index (χ2v) is 11.6. The summed E-state index contributed by atoms with van der Waals surface area (Å²) in [6.07, 6.45) is -2.15. The van der Waals surface area contributed by atoms with Crippen LogP contribution in [0.1, 0.15) is 31.2 Å². The summed E-state index contributed by atoms with van der Waals surface area (Å²) >= 11 is 0. The van der Waals surface area contributed by atoms with Gasteiger partial charge in [-0.1, -0.05) is 6.07 Å². The van der Waals surface area contributed by atoms with Crippen molar-refractivity contribution in [2.24, 2.45) is 5.92 Å². The van der Waals surface area contributed by atoms with Crippen LogP contribution in [0.25, 0.3) is 11.1 Å². The van der Waals surface area contributed by atoms with Gasteiger partial charge in [0.15, 0.2) is 9.84 Å². The molecule has 37 heavy (non-hydrogen) atoms. The molecule has 0 saturated heterocycles. The van der Waals surface area contributed by atoms with Crippen LogP contribution in [0.3, 0.4) is 0 Å². The van der Waals surface area contributed by atoms with E-state index in [9.17, 15) is 31.6 Å². The summed E-state index contributed by atoms with van der Waals surface area (Å²) in [4.78, 5) is 12.0. The largest absolute Gasteiger partial charge is 0.417 e. The molecule has 1 aromatic heterocycles. The number of alkyl halides is 3. The van der Waals surface area contributed by atoms with Crippen molar-refractivity contribution in [1.29, 1.82) is 5.26 Å². The smallest absolute Gasteiger partial charge is 0.383 e. The van der Waals surface area contributed by atoms with Crippen LogP contribution in [0.4, 0.5) is 13.2 Å². The van der Waals surface area contributed by atoms with Gasteiger partial charge in [-0.3, -0.25) is 9.48 Å². The lowest BCUT2D eigenvalue weighted by Gasteiger charge is -2.19. The number of carbonyl (C=O) groups excluding carboxylic acids is 1. The fourth-order valence-corrected chi connectivity index (χ4v) is 6.64. The number of ether oxygens (including phenoxy) is 2. The van der Waals surface area contributed by atoms with Crippen LogP contribution in [0.15, 0.2) is 35.5 Å². The molecule has 0 bridgehead atoms. The minimum absolute atomic E-state index is 0.137. The van der Waals surface area contributed by atoms with Crippen LogP contribution in [0, 0.1) is 17.2 Å². The number of rotatable bonds is 9. The number of nitriles is 1. The van der Waals surface area contributed by atoms with Crippen molar-refractivity contribution in [3.63, 3.8) is 0 Å². The number of benzene rings is 1. The first-order valence-electron chi connectivity index (χ1n) is 11.7. The number of sulfone groups is 1. The zero-order valence-electron chi connectivity index (χ0n) is 20.3. The number of hydrogen-bond acceptors (Lipinski definition) is 7. The van der Waals surface area contributed by atoms with Crippen molar-refractivity contribution in [2.75, 3.05) is 20.8 Å². The van der Waals surface area contributed by atoms with E-state index in [1.54, 1.807) is 6.20 Å². The van der Waals surface area contributed by atoms with Crippen molar-refractivity contribution in [2.45, 2.75) is 60.2 Å². The summed E-state index contributed by atoms with van der Waals surface area (Å²) in [5, 5.41) is 14.7. The lowest BCUT2D eigenvalue weighted by Crippen LogP contribution is -2.42. The number of nitrogens with zero attached hydrogens (tertiary/aromatic N) is 3. The maximum atomic E-state index is 14.1. The maximum Gasteiger partial charge on any atom is 0.417 e. The molecule has 2 aliphatic rings. The highest BCUT2D eigenvalue weighted by atomic mass is 32.2. The number of methoxy groups -OCH3 is 2. The van der Waals surface area contributed by atoms with Crippen molar-refractivity contribution in [3.8, 4) is 17.2 Å². The van der Waals surface area contributed by atoms with Gasteiger partial charge in [0.25, 0.3) is 0 Å². The van der Waals surface area contributed by atoms with Crippen molar-refractivity contribution < 1.29 is 35.9 Å². The summed E-state index contributed by atoms with van der Waals surface area (Å²) in [5.41, 5.74) is -1.67. The normalized spacial score (nSPS) is 23.0. The van der Waals surface area contributed by atoms with Gasteiger partial charge in [0.2, 0.25) is 5.91 Å². The predicted molar refractivity (Wildman–Crippen MR) is 125 cm³/mol. The number of amides is 1. The fraction of sp³-hybridized carbons (Fsp3) is 0.542. The summed E-state index contributed by atoms with van der Waals surface area (Å²) in [5.74, 6) is -1.43. The zero-order chi connectivity index (χ0) is 27.0. The Hall–Kier alpha value is -2.95. The lowest BCUT2D eigenvalue weighted by molar-refractivity contribution is -0.139. The maximum absolute atomic E-state index is 14.1. The van der Waals surface area contributed by atoms with Crippen molar-refractivity contribution in [3.05, 3.63) is 36.2 Å². The first kappa shape index (κ1) is 27.1. The van der Waals surface area contributed by atoms with Crippen LogP contribution >= 0.6 is 0 Å². The van der Waals surface area contributed by atoms with Gasteiger partial charge in [-0.25, -0.2) is 8.42 Å². The Morgan fingerprint density at radius 2 is 2.00 bits per heavy atom. The minimum atomic E-state index is -4.94. The summed E-state index contributed by atoms with van der Waals surface area (Å²) in [7, 11) is -1.65. The van der Waals surface area contributed by atoms with Crippen LogP contribution in [-0.2, 0) is 36.8 Å². The predicted octanol–water partition coefficient (Wildman–Crippen LogP) is 2.95. The van der Waals surface area contributed by atoms with E-state index in [1.165, 1.54) is 31.2 Å². The molecular formula is C24H27F3N4O5S. The van der Waals surface area contributed by atoms with Crippen molar-refractivity contribution in [1.82, 2.24) is 15.1 Å². The third-order valence-electron chi connectivity index (χ3n) is 6.95. The Balaban J connectivity index is 1.62. The van der Waals surface area contributed by atoms with E-state index in [2.05, 4.69) is 10.4 Å². The SMILES string of the molecule is COCCn1cc(-c2ccc(S(=O)(=O)[C@H]3CC(C(=O)NC4(C#N)CC4)[C@@H](OC)C3)c(C(F)(F)F)c2)cn1. The first-order chi connectivity index (χ1) is 17.4. The molecule has 2 aliphatic carbocycles. The summed E-state index contributed by atoms with van der Waals surface area (Å²) in [6, 6.07) is 5.12. The highest BCUT2D eigenvalue weighted by Gasteiger charge is 2.51. The molecule has 3 atom stereocenters. The van der Waals surface area contributed by atoms with Gasteiger partial charge >= 0.3 is 6.18 Å². The lowest BCUT2D eigenvalue weighted by atomic mass is 10.0. The standard InChI is InChI=1S/C24H27F3N4O5S/c1-35-8-7-31-13-16(12-29-31)15-3-4-21(19(9-15)24(25,26)27)37(33,34)17-10-18(20(11-17)36-2)22(32)30-23(14-28)5-6-23/h3-4,9,12-13,17-18,20H,5-8,10-11H2,1-2H3,(H,30,32)/t17-,18?,20-/m0/s1. The van der Waals surface area contributed by atoms with Crippen LogP contribution < -0.4 is 5.32 Å². The Kier molecular flexibility index (Phi) is 7.38. The van der Waals surface area contributed by atoms with E-state index in [-0.39, 0.29) is 18.4 Å². The van der Waals surface area contributed by atoms with Crippen LogP contribution in [0.5, 0.6) is 0 Å². The molecule has 9 nitrogen and oxygen atoms in total. The van der Waals surface area contributed by atoms with Gasteiger partial charge in [-0.05, 0) is 43.4 Å². The quantitative estimate of drug-likeness (QED) is 0.519. The number of halogens is 3. The topological polar surface area (TPSA) is 123 Å². The molecule has 0 radical (unpaired) electrons. The molecule has 0 spiro atoms. The molecule has 2 aromatic rings. The Morgan fingerprint density at radius 3 is 2.59 bits per heavy atom. The summed E-state index contributed by atoms with van der Waals surface area (Å²) in [6.45, 7) is 0.772. The molecule has 200 valence electrons. The second-order valence-electron chi connectivity index (χ2n) is 9.40. The molecule has 4 rings (SSSR count). The molecule has 1 heterocycles. The molecule has 1 aromatic carbocycles. The number of aromatic nitrogens is 2. The van der Waals surface area contributed by atoms with Gasteiger partial charge < -0.3 is 14.8 Å². The molecule has 2 saturated carbocycles. The Morgan fingerprint density at radius 1 is 1.27 bits per heavy atom. The molecule has 13 heteroatoms. The highest BCUT2D eigenvalue weighted by molar-refractivity contribution is 7.92. The number of carbonyl (C=O) groups is 1. The average Bonchev–Trinajstić information content (AvgIpc) is 3.27. The molecule has 1 amide bonds. The van der Waals surface area contributed by atoms with Gasteiger partial charge in [0, 0.05) is 26.0 Å². The summed E-state index contributed by atoms with van der Waals surface area (Å²) < 4.78 is 81.1. The van der Waals surface area contributed by atoms with Crippen molar-refractivity contribution >= 4 is 15.7 Å². The molecule has 2 fully saturated rings. The molecule has 1 unspecified atom stereocenters. The fourth-order valence-electron chi connectivity index (χ4n) is 4.64. The van der Waals surface area contributed by atoms with E-state index in [1.807, 2.05) is 6.07 Å². The van der Waals surface area contributed by atoms with E-state index >= 15 is 0 Å². The average molecular weight is 541 g/mol. The van der Waals surface area contributed by atoms with Gasteiger partial charge in [-0.15, -0.1) is 0 Å². The third kappa shape index (κ3) is 5.51. The van der Waals surface area contributed by atoms with Gasteiger partial charge in [0.05, 0.1) is 53.1 Å². The van der Waals surface area contributed by atoms with Gasteiger partial charge in [-0.2, -0.15) is 23.5 Å². The van der Waals surface area contributed by atoms with Gasteiger partial charge in [0.1, 0.15) is 5.54 Å². The second kappa shape index (κ2) is 10.1. The Labute approximate surface area is 212 Å². The molecule has 1 N–H and O–H groups in total. The van der Waals surface area contributed by atoms with E-state index in [0.29, 0.717) is 31.6 Å². The Bertz CT molecular complexity index is 1310. The van der Waals surface area contributed by atoms with E-state index < -0.39 is 55.2 Å². The number of hydrogen-bond donors (Lipinski definition) is 1. The van der Waals surface area contributed by atoms with E-state index in [4.69, 9.17) is 9.47 Å². The van der Waals surface area contributed by atoms with E-state index in [0.717, 1.165) is 12.1 Å². The first-order valence-corrected chi connectivity index (χ1v) is 13.2. The highest BCUT2D eigenvalue weighted by Crippen LogP contribution is 2.43. The minimum Gasteiger partial charge on any atom is -0.383 e. The van der Waals surface area contributed by atoms with Crippen LogP contribution in [0.2, 0.25) is 0 Å². The third-order valence-corrected chi connectivity index (χ3v) is 9.18. The monoisotopic (exact) mass is 540 g/mol. The van der Waals surface area contributed by atoms with Crippen LogP contribution in [-0.4, -0.2) is 61.8 Å².